The van der Waals surface area contributed by atoms with Crippen LogP contribution >= 0.6 is 11.8 Å². The van der Waals surface area contributed by atoms with Gasteiger partial charge in [0, 0.05) is 36.5 Å². The Balaban J connectivity index is 1.80. The second kappa shape index (κ2) is 8.63. The van der Waals surface area contributed by atoms with Crippen molar-refractivity contribution in [2.75, 3.05) is 25.2 Å². The summed E-state index contributed by atoms with van der Waals surface area (Å²) in [6.07, 6.45) is 3.60. The van der Waals surface area contributed by atoms with Gasteiger partial charge in [0.25, 0.3) is 5.91 Å². The average molecular weight is 324 g/mol. The van der Waals surface area contributed by atoms with Crippen molar-refractivity contribution in [2.24, 2.45) is 0 Å². The first kappa shape index (κ1) is 16.6. The molecule has 2 heterocycles. The molecule has 1 fully saturated rings. The number of aromatic nitrogens is 1. The minimum absolute atomic E-state index is 0.177. The van der Waals surface area contributed by atoms with E-state index in [9.17, 15) is 9.59 Å². The SMILES string of the molecule is COC(=O)CCCNC(=O)c1ccnc(O[C@@H]2CCSC2)c1. The molecule has 0 unspecified atom stereocenters. The number of nitrogens with zero attached hydrogens (tertiary/aromatic N) is 1. The molecule has 7 heteroatoms. The third-order valence-electron chi connectivity index (χ3n) is 3.24. The lowest BCUT2D eigenvalue weighted by atomic mass is 10.2. The first-order valence-corrected chi connectivity index (χ1v) is 8.40. The summed E-state index contributed by atoms with van der Waals surface area (Å²) >= 11 is 1.86. The van der Waals surface area contributed by atoms with Crippen LogP contribution in [0, 0.1) is 0 Å². The van der Waals surface area contributed by atoms with Crippen molar-refractivity contribution in [3.8, 4) is 5.88 Å². The number of carbonyl (C=O) groups excluding carboxylic acids is 2. The van der Waals surface area contributed by atoms with Gasteiger partial charge in [-0.25, -0.2) is 4.98 Å². The summed E-state index contributed by atoms with van der Waals surface area (Å²) in [6, 6.07) is 3.30. The Morgan fingerprint density at radius 2 is 2.36 bits per heavy atom. The third kappa shape index (κ3) is 5.22. The van der Waals surface area contributed by atoms with Crippen LogP contribution in [0.3, 0.4) is 0 Å². The zero-order valence-electron chi connectivity index (χ0n) is 12.5. The lowest BCUT2D eigenvalue weighted by Gasteiger charge is -2.12. The van der Waals surface area contributed by atoms with Crippen LogP contribution in [-0.4, -0.2) is 48.1 Å². The first-order chi connectivity index (χ1) is 10.7. The van der Waals surface area contributed by atoms with Gasteiger partial charge in [0.15, 0.2) is 0 Å². The summed E-state index contributed by atoms with van der Waals surface area (Å²) in [6.45, 7) is 0.422. The predicted molar refractivity (Wildman–Crippen MR) is 84.2 cm³/mol. The van der Waals surface area contributed by atoms with Crippen LogP contribution in [0.4, 0.5) is 0 Å². The highest BCUT2D eigenvalue weighted by molar-refractivity contribution is 7.99. The Bertz CT molecular complexity index is 518. The molecule has 0 saturated carbocycles. The van der Waals surface area contributed by atoms with E-state index in [1.54, 1.807) is 18.3 Å². The van der Waals surface area contributed by atoms with Gasteiger partial charge in [-0.1, -0.05) is 0 Å². The van der Waals surface area contributed by atoms with Gasteiger partial charge in [0.1, 0.15) is 6.10 Å². The minimum atomic E-state index is -0.275. The number of pyridine rings is 1. The van der Waals surface area contributed by atoms with Crippen molar-refractivity contribution >= 4 is 23.6 Å². The van der Waals surface area contributed by atoms with E-state index in [4.69, 9.17) is 4.74 Å². The van der Waals surface area contributed by atoms with Gasteiger partial charge in [-0.3, -0.25) is 9.59 Å². The van der Waals surface area contributed by atoms with Gasteiger partial charge in [-0.2, -0.15) is 11.8 Å². The number of hydrogen-bond acceptors (Lipinski definition) is 6. The molecule has 0 radical (unpaired) electrons. The molecule has 2 rings (SSSR count). The Morgan fingerprint density at radius 3 is 3.09 bits per heavy atom. The van der Waals surface area contributed by atoms with Crippen molar-refractivity contribution in [3.63, 3.8) is 0 Å². The van der Waals surface area contributed by atoms with E-state index >= 15 is 0 Å². The molecule has 1 N–H and O–H groups in total. The molecule has 0 spiro atoms. The second-order valence-electron chi connectivity index (χ2n) is 4.92. The molecule has 1 aliphatic heterocycles. The summed E-state index contributed by atoms with van der Waals surface area (Å²) in [5.41, 5.74) is 0.508. The van der Waals surface area contributed by atoms with Crippen LogP contribution in [-0.2, 0) is 9.53 Å². The molecule has 1 saturated heterocycles. The molecule has 0 aliphatic carbocycles. The molecule has 0 aromatic carbocycles. The number of hydrogen-bond donors (Lipinski definition) is 1. The monoisotopic (exact) mass is 324 g/mol. The third-order valence-corrected chi connectivity index (χ3v) is 4.38. The van der Waals surface area contributed by atoms with Crippen LogP contribution in [0.15, 0.2) is 18.3 Å². The van der Waals surface area contributed by atoms with Gasteiger partial charge in [0.05, 0.1) is 7.11 Å². The molecule has 1 atom stereocenters. The topological polar surface area (TPSA) is 77.5 Å². The maximum Gasteiger partial charge on any atom is 0.305 e. The smallest absolute Gasteiger partial charge is 0.305 e. The van der Waals surface area contributed by atoms with Gasteiger partial charge in [-0.05, 0) is 24.7 Å². The van der Waals surface area contributed by atoms with Gasteiger partial charge < -0.3 is 14.8 Å². The lowest BCUT2D eigenvalue weighted by molar-refractivity contribution is -0.140. The molecule has 1 amide bonds. The van der Waals surface area contributed by atoms with Crippen molar-refractivity contribution in [2.45, 2.75) is 25.4 Å². The number of esters is 1. The minimum Gasteiger partial charge on any atom is -0.473 e. The van der Waals surface area contributed by atoms with E-state index in [2.05, 4.69) is 15.0 Å². The Kier molecular flexibility index (Phi) is 6.51. The van der Waals surface area contributed by atoms with Crippen LogP contribution < -0.4 is 10.1 Å². The molecule has 120 valence electrons. The number of methoxy groups -OCH3 is 1. The Hall–Kier alpha value is -1.76. The molecule has 0 bridgehead atoms. The first-order valence-electron chi connectivity index (χ1n) is 7.24. The summed E-state index contributed by atoms with van der Waals surface area (Å²) in [4.78, 5) is 27.2. The molecular formula is C15H20N2O4S. The van der Waals surface area contributed by atoms with E-state index in [-0.39, 0.29) is 18.0 Å². The predicted octanol–water partition coefficient (Wildman–Crippen LogP) is 1.65. The van der Waals surface area contributed by atoms with Gasteiger partial charge in [0.2, 0.25) is 5.88 Å². The quantitative estimate of drug-likeness (QED) is 0.607. The lowest BCUT2D eigenvalue weighted by Crippen LogP contribution is -2.25. The number of amides is 1. The van der Waals surface area contributed by atoms with Crippen molar-refractivity contribution in [1.29, 1.82) is 0 Å². The zero-order chi connectivity index (χ0) is 15.8. The number of thioether (sulfide) groups is 1. The van der Waals surface area contributed by atoms with E-state index in [0.29, 0.717) is 30.8 Å². The van der Waals surface area contributed by atoms with Crippen LogP contribution in [0.1, 0.15) is 29.6 Å². The highest BCUT2D eigenvalue weighted by atomic mass is 32.2. The maximum absolute atomic E-state index is 12.0. The van der Waals surface area contributed by atoms with E-state index in [1.807, 2.05) is 11.8 Å². The van der Waals surface area contributed by atoms with E-state index in [1.165, 1.54) is 7.11 Å². The standard InChI is InChI=1S/C15H20N2O4S/c1-20-14(18)3-2-6-17-15(19)11-4-7-16-13(9-11)21-12-5-8-22-10-12/h4,7,9,12H,2-3,5-6,8,10H2,1H3,(H,17,19)/t12-/m1/s1. The second-order valence-corrected chi connectivity index (χ2v) is 6.07. The zero-order valence-corrected chi connectivity index (χ0v) is 13.4. The van der Waals surface area contributed by atoms with Crippen LogP contribution in [0.5, 0.6) is 5.88 Å². The molecule has 22 heavy (non-hydrogen) atoms. The normalized spacial score (nSPS) is 17.0. The Labute approximate surface area is 134 Å². The maximum atomic E-state index is 12.0. The molecular weight excluding hydrogens is 304 g/mol. The number of carbonyl (C=O) groups is 2. The molecule has 1 aliphatic rings. The molecule has 1 aromatic heterocycles. The molecule has 6 nitrogen and oxygen atoms in total. The average Bonchev–Trinajstić information content (AvgIpc) is 3.04. The summed E-state index contributed by atoms with van der Waals surface area (Å²) in [7, 11) is 1.35. The van der Waals surface area contributed by atoms with Crippen molar-refractivity contribution in [1.82, 2.24) is 10.3 Å². The molecule has 1 aromatic rings. The fourth-order valence-corrected chi connectivity index (χ4v) is 3.12. The highest BCUT2D eigenvalue weighted by Crippen LogP contribution is 2.22. The van der Waals surface area contributed by atoms with Gasteiger partial charge in [-0.15, -0.1) is 0 Å². The van der Waals surface area contributed by atoms with Crippen molar-refractivity contribution < 1.29 is 19.1 Å². The summed E-state index contributed by atoms with van der Waals surface area (Å²) < 4.78 is 10.3. The summed E-state index contributed by atoms with van der Waals surface area (Å²) in [5, 5.41) is 2.77. The Morgan fingerprint density at radius 1 is 1.50 bits per heavy atom. The fraction of sp³-hybridized carbons (Fsp3) is 0.533. The summed E-state index contributed by atoms with van der Waals surface area (Å²) in [5.74, 6) is 2.08. The largest absolute Gasteiger partial charge is 0.473 e. The highest BCUT2D eigenvalue weighted by Gasteiger charge is 2.18. The van der Waals surface area contributed by atoms with E-state index in [0.717, 1.165) is 17.9 Å². The van der Waals surface area contributed by atoms with Gasteiger partial charge >= 0.3 is 5.97 Å². The van der Waals surface area contributed by atoms with Crippen molar-refractivity contribution in [3.05, 3.63) is 23.9 Å². The van der Waals surface area contributed by atoms with E-state index < -0.39 is 0 Å². The van der Waals surface area contributed by atoms with Crippen LogP contribution in [0.2, 0.25) is 0 Å². The number of nitrogens with one attached hydrogen (secondary N) is 1. The number of rotatable bonds is 7. The fourth-order valence-electron chi connectivity index (χ4n) is 2.03. The van der Waals surface area contributed by atoms with Crippen LogP contribution in [0.25, 0.3) is 0 Å². The number of ether oxygens (including phenoxy) is 2.